The SMILES string of the molecule is N[C@@](C(=O)O)(c1ccc(F)cc1)C(F)(F)F. The summed E-state index contributed by atoms with van der Waals surface area (Å²) >= 11 is 0. The van der Waals surface area contributed by atoms with Crippen molar-refractivity contribution in [3.63, 3.8) is 0 Å². The van der Waals surface area contributed by atoms with Crippen molar-refractivity contribution in [1.29, 1.82) is 0 Å². The number of alkyl halides is 3. The van der Waals surface area contributed by atoms with Gasteiger partial charge in [-0.1, -0.05) is 12.1 Å². The molecule has 3 nitrogen and oxygen atoms in total. The molecule has 0 saturated carbocycles. The Morgan fingerprint density at radius 1 is 1.19 bits per heavy atom. The highest BCUT2D eigenvalue weighted by molar-refractivity contribution is 5.81. The van der Waals surface area contributed by atoms with E-state index in [2.05, 4.69) is 0 Å². The van der Waals surface area contributed by atoms with Gasteiger partial charge in [0.25, 0.3) is 0 Å². The van der Waals surface area contributed by atoms with E-state index in [0.29, 0.717) is 24.3 Å². The number of benzene rings is 1. The first-order chi connectivity index (χ1) is 7.19. The minimum atomic E-state index is -5.17. The fourth-order valence-electron chi connectivity index (χ4n) is 1.12. The Balaban J connectivity index is 3.34. The average Bonchev–Trinajstić information content (AvgIpc) is 2.15. The van der Waals surface area contributed by atoms with Crippen molar-refractivity contribution in [3.8, 4) is 0 Å². The molecule has 1 aromatic carbocycles. The van der Waals surface area contributed by atoms with Gasteiger partial charge < -0.3 is 10.8 Å². The van der Waals surface area contributed by atoms with Gasteiger partial charge in [0.2, 0.25) is 5.54 Å². The van der Waals surface area contributed by atoms with Crippen molar-refractivity contribution in [3.05, 3.63) is 35.6 Å². The molecular weight excluding hydrogens is 230 g/mol. The molecule has 0 heterocycles. The molecule has 16 heavy (non-hydrogen) atoms. The molecule has 0 aliphatic heterocycles. The molecule has 0 aliphatic carbocycles. The monoisotopic (exact) mass is 237 g/mol. The average molecular weight is 237 g/mol. The fourth-order valence-corrected chi connectivity index (χ4v) is 1.12. The third-order valence-corrected chi connectivity index (χ3v) is 2.08. The molecule has 1 rings (SSSR count). The first-order valence-electron chi connectivity index (χ1n) is 4.04. The van der Waals surface area contributed by atoms with Crippen LogP contribution in [-0.4, -0.2) is 17.3 Å². The van der Waals surface area contributed by atoms with Crippen molar-refractivity contribution in [2.24, 2.45) is 5.73 Å². The topological polar surface area (TPSA) is 63.3 Å². The number of carboxylic acids is 1. The van der Waals surface area contributed by atoms with Gasteiger partial charge in [-0.05, 0) is 17.7 Å². The Bertz CT molecular complexity index is 401. The van der Waals surface area contributed by atoms with Gasteiger partial charge >= 0.3 is 12.1 Å². The van der Waals surface area contributed by atoms with Crippen LogP contribution in [0.4, 0.5) is 17.6 Å². The number of carboxylic acid groups (broad SMARTS) is 1. The van der Waals surface area contributed by atoms with Crippen molar-refractivity contribution < 1.29 is 27.5 Å². The second-order valence-electron chi connectivity index (χ2n) is 3.12. The molecule has 1 atom stereocenters. The maximum Gasteiger partial charge on any atom is 0.421 e. The van der Waals surface area contributed by atoms with Gasteiger partial charge in [0.05, 0.1) is 0 Å². The second kappa shape index (κ2) is 3.75. The fraction of sp³-hybridized carbons (Fsp3) is 0.222. The number of rotatable bonds is 2. The number of hydrogen-bond donors (Lipinski definition) is 2. The largest absolute Gasteiger partial charge is 0.479 e. The van der Waals surface area contributed by atoms with Crippen molar-refractivity contribution in [1.82, 2.24) is 0 Å². The minimum absolute atomic E-state index is 0.691. The number of nitrogens with two attached hydrogens (primary N) is 1. The normalized spacial score (nSPS) is 15.6. The third-order valence-electron chi connectivity index (χ3n) is 2.08. The molecule has 0 radical (unpaired) electrons. The predicted octanol–water partition coefficient (Wildman–Crippen LogP) is 1.63. The summed E-state index contributed by atoms with van der Waals surface area (Å²) < 4.78 is 50.1. The van der Waals surface area contributed by atoms with Gasteiger partial charge in [-0.3, -0.25) is 0 Å². The molecule has 1 aromatic rings. The van der Waals surface area contributed by atoms with E-state index >= 15 is 0 Å². The molecule has 7 heteroatoms. The molecular formula is C9H7F4NO2. The molecule has 88 valence electrons. The van der Waals surface area contributed by atoms with Gasteiger partial charge in [0.15, 0.2) is 0 Å². The second-order valence-corrected chi connectivity index (χ2v) is 3.12. The van der Waals surface area contributed by atoms with Crippen LogP contribution >= 0.6 is 0 Å². The van der Waals surface area contributed by atoms with Crippen LogP contribution in [0.2, 0.25) is 0 Å². The number of halogens is 4. The van der Waals surface area contributed by atoms with E-state index in [1.807, 2.05) is 0 Å². The summed E-state index contributed by atoms with van der Waals surface area (Å²) in [5.41, 5.74) is 0.587. The summed E-state index contributed by atoms with van der Waals surface area (Å²) in [6.07, 6.45) is -5.17. The lowest BCUT2D eigenvalue weighted by Crippen LogP contribution is -2.56. The van der Waals surface area contributed by atoms with Gasteiger partial charge in [-0.2, -0.15) is 13.2 Å². The lowest BCUT2D eigenvalue weighted by atomic mass is 9.90. The Labute approximate surface area is 87.5 Å². The minimum Gasteiger partial charge on any atom is -0.479 e. The zero-order valence-electron chi connectivity index (χ0n) is 7.75. The van der Waals surface area contributed by atoms with Crippen LogP contribution in [-0.2, 0) is 10.3 Å². The van der Waals surface area contributed by atoms with Gasteiger partial charge in [-0.15, -0.1) is 0 Å². The van der Waals surface area contributed by atoms with Crippen LogP contribution in [0.25, 0.3) is 0 Å². The Morgan fingerprint density at radius 2 is 1.62 bits per heavy atom. The smallest absolute Gasteiger partial charge is 0.421 e. The molecule has 0 fully saturated rings. The highest BCUT2D eigenvalue weighted by Crippen LogP contribution is 2.36. The van der Waals surface area contributed by atoms with Crippen molar-refractivity contribution in [2.45, 2.75) is 11.7 Å². The van der Waals surface area contributed by atoms with Gasteiger partial charge in [0.1, 0.15) is 5.82 Å². The maximum absolute atomic E-state index is 12.5. The number of hydrogen-bond acceptors (Lipinski definition) is 2. The summed E-state index contributed by atoms with van der Waals surface area (Å²) in [7, 11) is 0. The first kappa shape index (κ1) is 12.4. The molecule has 0 spiro atoms. The quantitative estimate of drug-likeness (QED) is 0.768. The lowest BCUT2D eigenvalue weighted by molar-refractivity contribution is -0.204. The zero-order valence-corrected chi connectivity index (χ0v) is 7.75. The van der Waals surface area contributed by atoms with Crippen LogP contribution in [0.1, 0.15) is 5.56 Å². The number of carbonyl (C=O) groups is 1. The Morgan fingerprint density at radius 3 is 1.94 bits per heavy atom. The Hall–Kier alpha value is -1.63. The standard InChI is InChI=1S/C9H7F4NO2/c10-6-3-1-5(2-4-6)8(14,7(15)16)9(11,12)13/h1-4H,14H2,(H,15,16)/t8-/m1/s1. The van der Waals surface area contributed by atoms with E-state index in [0.717, 1.165) is 0 Å². The highest BCUT2D eigenvalue weighted by Gasteiger charge is 2.59. The van der Waals surface area contributed by atoms with Gasteiger partial charge in [0, 0.05) is 0 Å². The molecule has 0 amide bonds. The van der Waals surface area contributed by atoms with E-state index in [9.17, 15) is 22.4 Å². The summed E-state index contributed by atoms with van der Waals surface area (Å²) in [5, 5.41) is 8.55. The van der Waals surface area contributed by atoms with E-state index in [1.54, 1.807) is 0 Å². The third kappa shape index (κ3) is 1.85. The van der Waals surface area contributed by atoms with Crippen LogP contribution in [0.3, 0.4) is 0 Å². The molecule has 0 bridgehead atoms. The predicted molar refractivity (Wildman–Crippen MR) is 46.0 cm³/mol. The van der Waals surface area contributed by atoms with Crippen LogP contribution in [0, 0.1) is 5.82 Å². The summed E-state index contributed by atoms with van der Waals surface area (Å²) in [4.78, 5) is 10.6. The zero-order chi connectivity index (χ0) is 12.6. The number of aliphatic carboxylic acids is 1. The van der Waals surface area contributed by atoms with Crippen LogP contribution in [0.5, 0.6) is 0 Å². The molecule has 0 aliphatic rings. The molecule has 3 N–H and O–H groups in total. The van der Waals surface area contributed by atoms with Gasteiger partial charge in [-0.25, -0.2) is 9.18 Å². The molecule has 0 aromatic heterocycles. The van der Waals surface area contributed by atoms with Crippen molar-refractivity contribution >= 4 is 5.97 Å². The molecule has 0 unspecified atom stereocenters. The van der Waals surface area contributed by atoms with Crippen molar-refractivity contribution in [2.75, 3.05) is 0 Å². The maximum atomic E-state index is 12.5. The summed E-state index contributed by atoms with van der Waals surface area (Å²) in [6, 6.07) is 2.81. The van der Waals surface area contributed by atoms with E-state index in [4.69, 9.17) is 10.8 Å². The summed E-state index contributed by atoms with van der Waals surface area (Å²) in [6.45, 7) is 0. The van der Waals surface area contributed by atoms with Crippen LogP contribution < -0.4 is 5.73 Å². The Kier molecular flexibility index (Phi) is 2.91. The van der Waals surface area contributed by atoms with E-state index < -0.39 is 29.1 Å². The lowest BCUT2D eigenvalue weighted by Gasteiger charge is -2.27. The highest BCUT2D eigenvalue weighted by atomic mass is 19.4. The summed E-state index contributed by atoms with van der Waals surface area (Å²) in [5.74, 6) is -3.02. The first-order valence-corrected chi connectivity index (χ1v) is 4.04. The molecule has 0 saturated heterocycles. The van der Waals surface area contributed by atoms with E-state index in [1.165, 1.54) is 0 Å². The van der Waals surface area contributed by atoms with E-state index in [-0.39, 0.29) is 0 Å². The van der Waals surface area contributed by atoms with Crippen LogP contribution in [0.15, 0.2) is 24.3 Å².